The second-order valence-corrected chi connectivity index (χ2v) is 11.4. The number of para-hydroxylation sites is 1. The summed E-state index contributed by atoms with van der Waals surface area (Å²) in [6, 6.07) is 5.78. The number of allylic oxidation sites excluding steroid dienone is 1. The number of benzene rings is 1. The van der Waals surface area contributed by atoms with Crippen LogP contribution in [0.5, 0.6) is 0 Å². The summed E-state index contributed by atoms with van der Waals surface area (Å²) in [5.74, 6) is -3.21. The van der Waals surface area contributed by atoms with Crippen LogP contribution in [-0.2, 0) is 30.5 Å². The minimum Gasteiger partial charge on any atom is -0.465 e. The Morgan fingerprint density at radius 1 is 1.12 bits per heavy atom. The molecule has 1 N–H and O–H groups in total. The number of aliphatic hydroxyl groups is 1. The second-order valence-electron chi connectivity index (χ2n) is 11.4. The number of rotatable bonds is 5. The molecule has 11 heteroatoms. The molecular formula is C29H35N5O6. The Hall–Kier alpha value is -3.57. The quantitative estimate of drug-likeness (QED) is 0.441. The van der Waals surface area contributed by atoms with Gasteiger partial charge in [-0.2, -0.15) is 0 Å². The van der Waals surface area contributed by atoms with Crippen LogP contribution in [0, 0.1) is 17.8 Å². The highest BCUT2D eigenvalue weighted by Gasteiger charge is 2.72. The number of nitrogens with zero attached hydrogens (tertiary/aromatic N) is 5. The van der Waals surface area contributed by atoms with Crippen LogP contribution in [0.4, 0.5) is 0 Å². The van der Waals surface area contributed by atoms with Gasteiger partial charge in [0.05, 0.1) is 36.8 Å². The molecule has 0 bridgehead atoms. The Morgan fingerprint density at radius 3 is 2.75 bits per heavy atom. The highest BCUT2D eigenvalue weighted by Crippen LogP contribution is 2.54. The number of fused-ring (bicyclic) bond motifs is 3. The molecule has 6 rings (SSSR count). The molecule has 0 aliphatic carbocycles. The zero-order valence-corrected chi connectivity index (χ0v) is 22.8. The fraction of sp³-hybridized carbons (Fsp3) is 0.552. The van der Waals surface area contributed by atoms with Crippen LogP contribution < -0.4 is 0 Å². The molecule has 6 atom stereocenters. The zero-order chi connectivity index (χ0) is 28.0. The number of esters is 1. The number of ether oxygens (including phenoxy) is 2. The molecule has 212 valence electrons. The lowest BCUT2D eigenvalue weighted by atomic mass is 9.78. The highest BCUT2D eigenvalue weighted by atomic mass is 16.6. The van der Waals surface area contributed by atoms with Gasteiger partial charge >= 0.3 is 5.97 Å². The topological polar surface area (TPSA) is 127 Å². The summed E-state index contributed by atoms with van der Waals surface area (Å²) in [6.07, 6.45) is 9.16. The van der Waals surface area contributed by atoms with Crippen LogP contribution in [0.15, 0.2) is 48.6 Å². The van der Waals surface area contributed by atoms with E-state index in [2.05, 4.69) is 10.3 Å². The van der Waals surface area contributed by atoms with Gasteiger partial charge in [0.2, 0.25) is 5.91 Å². The maximum absolute atomic E-state index is 14.5. The van der Waals surface area contributed by atoms with Gasteiger partial charge in [-0.25, -0.2) is 4.68 Å². The molecule has 2 fully saturated rings. The first-order valence-corrected chi connectivity index (χ1v) is 14.1. The van der Waals surface area contributed by atoms with Crippen molar-refractivity contribution in [1.29, 1.82) is 0 Å². The first kappa shape index (κ1) is 26.6. The van der Waals surface area contributed by atoms with Gasteiger partial charge in [-0.3, -0.25) is 14.4 Å². The van der Waals surface area contributed by atoms with Gasteiger partial charge in [0, 0.05) is 6.54 Å². The van der Waals surface area contributed by atoms with Crippen molar-refractivity contribution >= 4 is 28.8 Å². The Kier molecular flexibility index (Phi) is 6.95. The molecule has 4 aliphatic rings. The summed E-state index contributed by atoms with van der Waals surface area (Å²) in [5, 5.41) is 18.9. The third-order valence-corrected chi connectivity index (χ3v) is 8.66. The van der Waals surface area contributed by atoms with E-state index >= 15 is 0 Å². The zero-order valence-electron chi connectivity index (χ0n) is 22.8. The van der Waals surface area contributed by atoms with E-state index in [1.807, 2.05) is 56.3 Å². The van der Waals surface area contributed by atoms with Gasteiger partial charge in [0.15, 0.2) is 0 Å². The number of cyclic esters (lactones) is 1. The number of amides is 2. The highest BCUT2D eigenvalue weighted by molar-refractivity contribution is 5.99. The maximum atomic E-state index is 14.5. The van der Waals surface area contributed by atoms with E-state index in [0.29, 0.717) is 5.52 Å². The van der Waals surface area contributed by atoms with Crippen LogP contribution in [0.25, 0.3) is 11.0 Å². The van der Waals surface area contributed by atoms with Crippen LogP contribution >= 0.6 is 0 Å². The Balaban J connectivity index is 1.43. The first-order valence-electron chi connectivity index (χ1n) is 14.1. The Morgan fingerprint density at radius 2 is 1.95 bits per heavy atom. The first-order chi connectivity index (χ1) is 19.4. The SMILES string of the molecule is CC(C)[C@H](CO)N1C(=O)[C@@H]2[C@@H]3C(=O)OCCCC/C=C\[C@@H]3O[C@@]23C=CCN(Cn2nnc4ccccc42)C(=O)C13. The average molecular weight is 550 g/mol. The van der Waals surface area contributed by atoms with Crippen LogP contribution in [0.1, 0.15) is 33.1 Å². The number of aliphatic hydroxyl groups excluding tert-OH is 1. The van der Waals surface area contributed by atoms with Crippen molar-refractivity contribution in [3.8, 4) is 0 Å². The number of carbonyl (C=O) groups is 3. The fourth-order valence-electron chi connectivity index (χ4n) is 6.69. The monoisotopic (exact) mass is 549 g/mol. The van der Waals surface area contributed by atoms with Crippen molar-refractivity contribution in [3.63, 3.8) is 0 Å². The minimum atomic E-state index is -1.39. The summed E-state index contributed by atoms with van der Waals surface area (Å²) in [7, 11) is 0. The van der Waals surface area contributed by atoms with Gasteiger partial charge in [0.25, 0.3) is 5.91 Å². The predicted molar refractivity (Wildman–Crippen MR) is 143 cm³/mol. The lowest BCUT2D eigenvalue weighted by molar-refractivity contribution is -0.157. The van der Waals surface area contributed by atoms with E-state index in [1.165, 1.54) is 4.90 Å². The molecule has 0 saturated carbocycles. The second kappa shape index (κ2) is 10.4. The third kappa shape index (κ3) is 4.14. The molecule has 2 aromatic rings. The molecule has 1 spiro atoms. The Labute approximate surface area is 232 Å². The van der Waals surface area contributed by atoms with Crippen molar-refractivity contribution in [3.05, 3.63) is 48.6 Å². The number of aromatic nitrogens is 3. The number of hydrogen-bond donors (Lipinski definition) is 1. The Bertz CT molecular complexity index is 1370. The third-order valence-electron chi connectivity index (χ3n) is 8.66. The molecule has 40 heavy (non-hydrogen) atoms. The molecule has 11 nitrogen and oxygen atoms in total. The van der Waals surface area contributed by atoms with Gasteiger partial charge < -0.3 is 24.4 Å². The van der Waals surface area contributed by atoms with E-state index in [0.717, 1.165) is 24.8 Å². The van der Waals surface area contributed by atoms with Crippen LogP contribution in [0.3, 0.4) is 0 Å². The molecule has 2 saturated heterocycles. The van der Waals surface area contributed by atoms with Crippen molar-refractivity contribution in [2.75, 3.05) is 19.8 Å². The minimum absolute atomic E-state index is 0.114. The lowest BCUT2D eigenvalue weighted by Crippen LogP contribution is -2.59. The molecule has 1 aromatic carbocycles. The van der Waals surface area contributed by atoms with Gasteiger partial charge in [-0.05, 0) is 37.3 Å². The molecule has 4 aliphatic heterocycles. The predicted octanol–water partition coefficient (Wildman–Crippen LogP) is 1.67. The van der Waals surface area contributed by atoms with Crippen molar-refractivity contribution in [2.24, 2.45) is 17.8 Å². The van der Waals surface area contributed by atoms with E-state index < -0.39 is 41.6 Å². The molecule has 1 aromatic heterocycles. The van der Waals surface area contributed by atoms with Crippen molar-refractivity contribution in [2.45, 2.75) is 63.6 Å². The standard InChI is InChI=1S/C29H35N5O6/c1-18(2)21(16-35)34-25-27(37)32(17-33-20-11-7-6-10-19(20)30-31-33)14-9-13-29(25)24(26(34)36)23-22(40-29)12-5-3-4-8-15-39-28(23)38/h5-7,9-13,18,21-25,35H,3-4,8,14-17H2,1-2H3/b12-5-/t21-,22-,23+,24-,25?,29-/m0/s1. The number of likely N-dealkylation sites (tertiary alicyclic amines) is 1. The molecule has 5 heterocycles. The summed E-state index contributed by atoms with van der Waals surface area (Å²) in [5.41, 5.74) is 0.103. The summed E-state index contributed by atoms with van der Waals surface area (Å²) < 4.78 is 13.9. The van der Waals surface area contributed by atoms with Crippen molar-refractivity contribution in [1.82, 2.24) is 24.8 Å². The van der Waals surface area contributed by atoms with E-state index in [-0.39, 0.29) is 44.2 Å². The van der Waals surface area contributed by atoms with E-state index in [9.17, 15) is 19.5 Å². The molecular weight excluding hydrogens is 514 g/mol. The summed E-state index contributed by atoms with van der Waals surface area (Å²) >= 11 is 0. The average Bonchev–Trinajstić information content (AvgIpc) is 3.53. The van der Waals surface area contributed by atoms with Crippen molar-refractivity contribution < 1.29 is 29.0 Å². The maximum Gasteiger partial charge on any atom is 0.312 e. The summed E-state index contributed by atoms with van der Waals surface area (Å²) in [6.45, 7) is 4.11. The normalized spacial score (nSPS) is 32.0. The van der Waals surface area contributed by atoms with E-state index in [4.69, 9.17) is 9.47 Å². The van der Waals surface area contributed by atoms with Crippen LogP contribution in [0.2, 0.25) is 0 Å². The van der Waals surface area contributed by atoms with Gasteiger partial charge in [0.1, 0.15) is 29.7 Å². The number of carbonyl (C=O) groups excluding carboxylic acids is 3. The van der Waals surface area contributed by atoms with Gasteiger partial charge in [-0.15, -0.1) is 5.10 Å². The molecule has 0 radical (unpaired) electrons. The molecule has 2 amide bonds. The van der Waals surface area contributed by atoms with E-state index in [1.54, 1.807) is 15.7 Å². The van der Waals surface area contributed by atoms with Crippen LogP contribution in [-0.4, -0.2) is 91.2 Å². The van der Waals surface area contributed by atoms with Gasteiger partial charge in [-0.1, -0.05) is 55.5 Å². The smallest absolute Gasteiger partial charge is 0.312 e. The molecule has 1 unspecified atom stereocenters. The largest absolute Gasteiger partial charge is 0.465 e. The lowest BCUT2D eigenvalue weighted by Gasteiger charge is -2.39. The fourth-order valence-corrected chi connectivity index (χ4v) is 6.69. The number of hydrogen-bond acceptors (Lipinski definition) is 8. The summed E-state index contributed by atoms with van der Waals surface area (Å²) in [4.78, 5) is 45.3.